The molecule has 4 N–H and O–H groups in total. The van der Waals surface area contributed by atoms with E-state index in [9.17, 15) is 9.59 Å². The lowest BCUT2D eigenvalue weighted by molar-refractivity contribution is -0.130. The van der Waals surface area contributed by atoms with E-state index in [0.717, 1.165) is 5.69 Å². The van der Waals surface area contributed by atoms with Crippen molar-refractivity contribution in [2.24, 2.45) is 0 Å². The van der Waals surface area contributed by atoms with E-state index >= 15 is 0 Å². The maximum Gasteiger partial charge on any atom is 0.222 e. The molecule has 1 aromatic heterocycles. The Morgan fingerprint density at radius 3 is 2.75 bits per heavy atom. The van der Waals surface area contributed by atoms with Crippen molar-refractivity contribution in [2.75, 3.05) is 6.54 Å². The number of aliphatic hydroxyl groups is 1. The molecule has 1 amide bonds. The molecular formula is C13H22N4O3. The molecule has 0 bridgehead atoms. The SMILES string of the molecule is CC(=O)C(C)(Cc1cnc[nH]1)NC(=O)CCNC(C)O. The van der Waals surface area contributed by atoms with Crippen LogP contribution in [0.1, 0.15) is 32.9 Å². The zero-order valence-corrected chi connectivity index (χ0v) is 12.1. The molecule has 20 heavy (non-hydrogen) atoms. The Morgan fingerprint density at radius 2 is 2.25 bits per heavy atom. The molecule has 112 valence electrons. The third-order valence-electron chi connectivity index (χ3n) is 3.08. The van der Waals surface area contributed by atoms with Crippen LogP contribution in [0.5, 0.6) is 0 Å². The molecule has 7 nitrogen and oxygen atoms in total. The minimum Gasteiger partial charge on any atom is -0.379 e. The van der Waals surface area contributed by atoms with Crippen molar-refractivity contribution in [1.82, 2.24) is 20.6 Å². The number of carbonyl (C=O) groups excluding carboxylic acids is 2. The Kier molecular flexibility index (Phi) is 5.84. The summed E-state index contributed by atoms with van der Waals surface area (Å²) in [6.07, 6.45) is 3.05. The van der Waals surface area contributed by atoms with Gasteiger partial charge in [-0.3, -0.25) is 14.9 Å². The Balaban J connectivity index is 2.57. The monoisotopic (exact) mass is 282 g/mol. The average Bonchev–Trinajstić information content (AvgIpc) is 2.80. The molecule has 0 fully saturated rings. The van der Waals surface area contributed by atoms with E-state index in [2.05, 4.69) is 20.6 Å². The lowest BCUT2D eigenvalue weighted by Gasteiger charge is -2.27. The first kappa shape index (κ1) is 16.3. The number of Topliss-reactive ketones (excluding diaryl/α,β-unsaturated/α-hetero) is 1. The van der Waals surface area contributed by atoms with Gasteiger partial charge in [-0.05, 0) is 20.8 Å². The quantitative estimate of drug-likeness (QED) is 0.491. The summed E-state index contributed by atoms with van der Waals surface area (Å²) < 4.78 is 0. The molecule has 0 spiro atoms. The summed E-state index contributed by atoms with van der Waals surface area (Å²) in [5.41, 5.74) is -0.181. The van der Waals surface area contributed by atoms with Crippen LogP contribution in [0.2, 0.25) is 0 Å². The van der Waals surface area contributed by atoms with E-state index in [1.807, 2.05) is 0 Å². The second-order valence-corrected chi connectivity index (χ2v) is 5.07. The number of ketones is 1. The van der Waals surface area contributed by atoms with Gasteiger partial charge >= 0.3 is 0 Å². The minimum atomic E-state index is -0.964. The van der Waals surface area contributed by atoms with E-state index in [0.29, 0.717) is 13.0 Å². The van der Waals surface area contributed by atoms with Crippen LogP contribution < -0.4 is 10.6 Å². The second kappa shape index (κ2) is 7.16. The molecule has 0 radical (unpaired) electrons. The van der Waals surface area contributed by atoms with Gasteiger partial charge in [-0.1, -0.05) is 0 Å². The zero-order chi connectivity index (χ0) is 15.2. The first-order valence-corrected chi connectivity index (χ1v) is 6.54. The molecule has 0 aliphatic carbocycles. The van der Waals surface area contributed by atoms with Gasteiger partial charge in [-0.15, -0.1) is 0 Å². The van der Waals surface area contributed by atoms with Crippen LogP contribution in [-0.4, -0.2) is 45.1 Å². The topological polar surface area (TPSA) is 107 Å². The molecule has 0 saturated carbocycles. The number of imidazole rings is 1. The van der Waals surface area contributed by atoms with Gasteiger partial charge in [-0.2, -0.15) is 0 Å². The number of amides is 1. The molecule has 2 unspecified atom stereocenters. The summed E-state index contributed by atoms with van der Waals surface area (Å²) in [6.45, 7) is 5.07. The van der Waals surface area contributed by atoms with Crippen molar-refractivity contribution in [1.29, 1.82) is 0 Å². The van der Waals surface area contributed by atoms with Gasteiger partial charge in [0, 0.05) is 31.3 Å². The molecule has 1 aromatic rings. The minimum absolute atomic E-state index is 0.121. The normalized spacial score (nSPS) is 15.4. The highest BCUT2D eigenvalue weighted by Crippen LogP contribution is 2.13. The van der Waals surface area contributed by atoms with Crippen molar-refractivity contribution in [3.63, 3.8) is 0 Å². The van der Waals surface area contributed by atoms with E-state index in [1.165, 1.54) is 13.3 Å². The predicted molar refractivity (Wildman–Crippen MR) is 73.8 cm³/mol. The fourth-order valence-corrected chi connectivity index (χ4v) is 1.78. The number of carbonyl (C=O) groups is 2. The number of nitrogens with zero attached hydrogens (tertiary/aromatic N) is 1. The largest absolute Gasteiger partial charge is 0.379 e. The number of aromatic nitrogens is 2. The lowest BCUT2D eigenvalue weighted by atomic mass is 9.91. The predicted octanol–water partition coefficient (Wildman–Crippen LogP) is -0.266. The smallest absolute Gasteiger partial charge is 0.222 e. The number of H-pyrrole nitrogens is 1. The fraction of sp³-hybridized carbons (Fsp3) is 0.615. The van der Waals surface area contributed by atoms with Gasteiger partial charge < -0.3 is 15.4 Å². The molecule has 1 rings (SSSR count). The third kappa shape index (κ3) is 5.10. The van der Waals surface area contributed by atoms with Crippen molar-refractivity contribution in [3.05, 3.63) is 18.2 Å². The van der Waals surface area contributed by atoms with Gasteiger partial charge in [0.15, 0.2) is 5.78 Å². The van der Waals surface area contributed by atoms with Gasteiger partial charge in [0.1, 0.15) is 11.8 Å². The van der Waals surface area contributed by atoms with Crippen LogP contribution in [0, 0.1) is 0 Å². The number of hydrogen-bond acceptors (Lipinski definition) is 5. The number of rotatable bonds is 8. The first-order valence-electron chi connectivity index (χ1n) is 6.54. The van der Waals surface area contributed by atoms with Crippen LogP contribution >= 0.6 is 0 Å². The molecule has 0 aliphatic rings. The summed E-state index contributed by atoms with van der Waals surface area (Å²) in [5.74, 6) is -0.362. The highest BCUT2D eigenvalue weighted by Gasteiger charge is 2.32. The summed E-state index contributed by atoms with van der Waals surface area (Å²) in [4.78, 5) is 30.5. The Bertz CT molecular complexity index is 444. The number of nitrogens with one attached hydrogen (secondary N) is 3. The van der Waals surface area contributed by atoms with E-state index in [4.69, 9.17) is 5.11 Å². The molecule has 2 atom stereocenters. The maximum absolute atomic E-state index is 11.9. The Morgan fingerprint density at radius 1 is 1.55 bits per heavy atom. The third-order valence-corrected chi connectivity index (χ3v) is 3.08. The molecule has 1 heterocycles. The van der Waals surface area contributed by atoms with Crippen LogP contribution in [-0.2, 0) is 16.0 Å². The van der Waals surface area contributed by atoms with Gasteiger partial charge in [0.2, 0.25) is 5.91 Å². The molecular weight excluding hydrogens is 260 g/mol. The highest BCUT2D eigenvalue weighted by atomic mass is 16.3. The Labute approximate surface area is 118 Å². The zero-order valence-electron chi connectivity index (χ0n) is 12.1. The summed E-state index contributed by atoms with van der Waals surface area (Å²) in [6, 6.07) is 0. The van der Waals surface area contributed by atoms with Crippen LogP contribution in [0.4, 0.5) is 0 Å². The fourth-order valence-electron chi connectivity index (χ4n) is 1.78. The van der Waals surface area contributed by atoms with E-state index < -0.39 is 11.8 Å². The first-order chi connectivity index (χ1) is 9.33. The van der Waals surface area contributed by atoms with Crippen LogP contribution in [0.15, 0.2) is 12.5 Å². The van der Waals surface area contributed by atoms with Crippen LogP contribution in [0.25, 0.3) is 0 Å². The highest BCUT2D eigenvalue weighted by molar-refractivity contribution is 5.91. The van der Waals surface area contributed by atoms with Gasteiger partial charge in [0.05, 0.1) is 6.33 Å². The van der Waals surface area contributed by atoms with Crippen molar-refractivity contribution >= 4 is 11.7 Å². The van der Waals surface area contributed by atoms with Crippen molar-refractivity contribution < 1.29 is 14.7 Å². The molecule has 0 aromatic carbocycles. The maximum atomic E-state index is 11.9. The number of hydrogen-bond donors (Lipinski definition) is 4. The van der Waals surface area contributed by atoms with Crippen molar-refractivity contribution in [3.8, 4) is 0 Å². The standard InChI is InChI=1S/C13H22N4O3/c1-9(18)13(3,6-11-7-14-8-16-11)17-12(20)4-5-15-10(2)19/h7-8,10,15,19H,4-6H2,1-3H3,(H,14,16)(H,17,20). The summed E-state index contributed by atoms with van der Waals surface area (Å²) in [5, 5.41) is 14.5. The molecule has 7 heteroatoms. The van der Waals surface area contributed by atoms with Crippen molar-refractivity contribution in [2.45, 2.75) is 45.4 Å². The second-order valence-electron chi connectivity index (χ2n) is 5.07. The number of aromatic amines is 1. The van der Waals surface area contributed by atoms with E-state index in [1.54, 1.807) is 20.0 Å². The van der Waals surface area contributed by atoms with Crippen LogP contribution in [0.3, 0.4) is 0 Å². The van der Waals surface area contributed by atoms with E-state index in [-0.39, 0.29) is 18.1 Å². The lowest BCUT2D eigenvalue weighted by Crippen LogP contribution is -2.53. The summed E-state index contributed by atoms with van der Waals surface area (Å²) in [7, 11) is 0. The Hall–Kier alpha value is -1.73. The van der Waals surface area contributed by atoms with Gasteiger partial charge in [-0.25, -0.2) is 4.98 Å². The average molecular weight is 282 g/mol. The van der Waals surface area contributed by atoms with Gasteiger partial charge in [0.25, 0.3) is 0 Å². The molecule has 0 saturated heterocycles. The summed E-state index contributed by atoms with van der Waals surface area (Å²) >= 11 is 0. The number of aliphatic hydroxyl groups excluding tert-OH is 1. The molecule has 0 aliphatic heterocycles.